The number of anilines is 1. The molecule has 0 bridgehead atoms. The van der Waals surface area contributed by atoms with Gasteiger partial charge in [-0.05, 0) is 31.9 Å². The molecule has 1 aliphatic rings. The molecular weight excluding hydrogens is 332 g/mol. The second-order valence-electron chi connectivity index (χ2n) is 6.88. The van der Waals surface area contributed by atoms with Gasteiger partial charge in [0.25, 0.3) is 0 Å². The van der Waals surface area contributed by atoms with Crippen LogP contribution < -0.4 is 10.6 Å². The third-order valence-corrected chi connectivity index (χ3v) is 4.57. The fraction of sp³-hybridized carbons (Fsp3) is 0.526. The molecule has 7 heteroatoms. The van der Waals surface area contributed by atoms with Gasteiger partial charge in [-0.2, -0.15) is 0 Å². The highest BCUT2D eigenvalue weighted by atomic mass is 16.2. The average Bonchev–Trinajstić information content (AvgIpc) is 2.56. The van der Waals surface area contributed by atoms with Crippen LogP contribution in [0.5, 0.6) is 0 Å². The summed E-state index contributed by atoms with van der Waals surface area (Å²) in [6.07, 6.45) is 0. The predicted octanol–water partition coefficient (Wildman–Crippen LogP) is 0.831. The van der Waals surface area contributed by atoms with Crippen molar-refractivity contribution in [3.05, 3.63) is 28.8 Å². The van der Waals surface area contributed by atoms with Crippen LogP contribution in [0.25, 0.3) is 0 Å². The Morgan fingerprint density at radius 3 is 2.08 bits per heavy atom. The lowest BCUT2D eigenvalue weighted by atomic mass is 10.1. The van der Waals surface area contributed by atoms with E-state index in [1.807, 2.05) is 37.8 Å². The fourth-order valence-electron chi connectivity index (χ4n) is 3.22. The number of hydrogen-bond donors (Lipinski definition) is 2. The number of nitrogens with zero attached hydrogens (tertiary/aromatic N) is 2. The summed E-state index contributed by atoms with van der Waals surface area (Å²) in [6.45, 7) is 10.3. The van der Waals surface area contributed by atoms with Gasteiger partial charge < -0.3 is 15.5 Å². The van der Waals surface area contributed by atoms with Crippen molar-refractivity contribution in [1.29, 1.82) is 0 Å². The van der Waals surface area contributed by atoms with Gasteiger partial charge in [-0.15, -0.1) is 0 Å². The molecule has 26 heavy (non-hydrogen) atoms. The minimum Gasteiger partial charge on any atom is -0.346 e. The highest BCUT2D eigenvalue weighted by Crippen LogP contribution is 2.21. The van der Waals surface area contributed by atoms with Gasteiger partial charge >= 0.3 is 0 Å². The van der Waals surface area contributed by atoms with Crippen LogP contribution in [0.3, 0.4) is 0 Å². The van der Waals surface area contributed by atoms with E-state index in [1.165, 1.54) is 0 Å². The summed E-state index contributed by atoms with van der Waals surface area (Å²) in [7, 11) is 0. The van der Waals surface area contributed by atoms with Crippen molar-refractivity contribution in [3.63, 3.8) is 0 Å². The Balaban J connectivity index is 1.76. The lowest BCUT2D eigenvalue weighted by Crippen LogP contribution is -2.51. The Morgan fingerprint density at radius 1 is 0.962 bits per heavy atom. The molecule has 0 spiro atoms. The van der Waals surface area contributed by atoms with E-state index < -0.39 is 0 Å². The predicted molar refractivity (Wildman–Crippen MR) is 101 cm³/mol. The maximum atomic E-state index is 12.1. The third kappa shape index (κ3) is 5.56. The highest BCUT2D eigenvalue weighted by Gasteiger charge is 2.20. The minimum atomic E-state index is -0.241. The molecule has 2 N–H and O–H groups in total. The van der Waals surface area contributed by atoms with E-state index in [1.54, 1.807) is 11.8 Å². The molecule has 1 saturated heterocycles. The van der Waals surface area contributed by atoms with Crippen molar-refractivity contribution in [2.24, 2.45) is 0 Å². The molecule has 0 radical (unpaired) electrons. The zero-order valence-electron chi connectivity index (χ0n) is 16.0. The van der Waals surface area contributed by atoms with Gasteiger partial charge in [-0.25, -0.2) is 0 Å². The number of benzene rings is 1. The Hall–Kier alpha value is -2.41. The largest absolute Gasteiger partial charge is 0.346 e. The number of nitrogens with one attached hydrogen (secondary N) is 2. The molecular formula is C19H28N4O3. The molecule has 7 nitrogen and oxygen atoms in total. The molecule has 0 atom stereocenters. The zero-order valence-corrected chi connectivity index (χ0v) is 16.0. The van der Waals surface area contributed by atoms with Crippen LogP contribution in [-0.4, -0.2) is 66.8 Å². The van der Waals surface area contributed by atoms with Gasteiger partial charge in [0, 0.05) is 38.8 Å². The smallest absolute Gasteiger partial charge is 0.243 e. The van der Waals surface area contributed by atoms with Gasteiger partial charge in [0.05, 0.1) is 13.1 Å². The summed E-state index contributed by atoms with van der Waals surface area (Å²) in [4.78, 5) is 39.2. The first-order chi connectivity index (χ1) is 12.3. The van der Waals surface area contributed by atoms with Crippen LogP contribution in [0.15, 0.2) is 12.1 Å². The first-order valence-corrected chi connectivity index (χ1v) is 8.88. The van der Waals surface area contributed by atoms with Crippen molar-refractivity contribution in [2.75, 3.05) is 44.6 Å². The standard InChI is InChI=1S/C19H28N4O3/c1-13-9-14(2)19(15(3)10-13)21-17(25)11-20-18(26)12-22-5-7-23(8-6-22)16(4)24/h9-10H,5-8,11-12H2,1-4H3,(H,20,26)(H,21,25). The molecule has 1 heterocycles. The molecule has 1 fully saturated rings. The molecule has 1 aliphatic heterocycles. The van der Waals surface area contributed by atoms with Gasteiger partial charge in [-0.1, -0.05) is 17.7 Å². The maximum Gasteiger partial charge on any atom is 0.243 e. The monoisotopic (exact) mass is 360 g/mol. The second kappa shape index (κ2) is 8.80. The van der Waals surface area contributed by atoms with E-state index >= 15 is 0 Å². The Kier molecular flexibility index (Phi) is 6.74. The van der Waals surface area contributed by atoms with E-state index in [0.29, 0.717) is 26.2 Å². The Bertz CT molecular complexity index is 671. The molecule has 3 amide bonds. The number of amides is 3. The number of aryl methyl sites for hydroxylation is 3. The van der Waals surface area contributed by atoms with Gasteiger partial charge in [-0.3, -0.25) is 19.3 Å². The van der Waals surface area contributed by atoms with Crippen LogP contribution in [0, 0.1) is 20.8 Å². The molecule has 1 aromatic carbocycles. The van der Waals surface area contributed by atoms with Crippen LogP contribution in [0.2, 0.25) is 0 Å². The average molecular weight is 360 g/mol. The Labute approximate surface area is 154 Å². The zero-order chi connectivity index (χ0) is 19.3. The SMILES string of the molecule is CC(=O)N1CCN(CC(=O)NCC(=O)Nc2c(C)cc(C)cc2C)CC1. The molecule has 2 rings (SSSR count). The Morgan fingerprint density at radius 2 is 1.54 bits per heavy atom. The van der Waals surface area contributed by atoms with Crippen molar-refractivity contribution >= 4 is 23.4 Å². The number of rotatable bonds is 5. The van der Waals surface area contributed by atoms with Gasteiger partial charge in [0.15, 0.2) is 0 Å². The van der Waals surface area contributed by atoms with Crippen LogP contribution >= 0.6 is 0 Å². The van der Waals surface area contributed by atoms with E-state index in [-0.39, 0.29) is 30.8 Å². The van der Waals surface area contributed by atoms with E-state index in [4.69, 9.17) is 0 Å². The summed E-state index contributed by atoms with van der Waals surface area (Å²) in [5.74, 6) is -0.365. The van der Waals surface area contributed by atoms with Crippen LogP contribution in [0.4, 0.5) is 5.69 Å². The molecule has 0 unspecified atom stereocenters. The summed E-state index contributed by atoms with van der Waals surface area (Å²) in [6, 6.07) is 4.03. The normalized spacial score (nSPS) is 14.8. The molecule has 0 aromatic heterocycles. The van der Waals surface area contributed by atoms with E-state index in [0.717, 1.165) is 22.4 Å². The molecule has 142 valence electrons. The molecule has 0 saturated carbocycles. The molecule has 0 aliphatic carbocycles. The lowest BCUT2D eigenvalue weighted by molar-refractivity contribution is -0.131. The van der Waals surface area contributed by atoms with Crippen molar-refractivity contribution in [2.45, 2.75) is 27.7 Å². The van der Waals surface area contributed by atoms with Crippen molar-refractivity contribution < 1.29 is 14.4 Å². The van der Waals surface area contributed by atoms with E-state index in [9.17, 15) is 14.4 Å². The van der Waals surface area contributed by atoms with E-state index in [2.05, 4.69) is 10.6 Å². The van der Waals surface area contributed by atoms with Crippen molar-refractivity contribution in [3.8, 4) is 0 Å². The summed E-state index contributed by atoms with van der Waals surface area (Å²) in [5, 5.41) is 5.53. The summed E-state index contributed by atoms with van der Waals surface area (Å²) >= 11 is 0. The van der Waals surface area contributed by atoms with Gasteiger partial charge in [0.1, 0.15) is 0 Å². The second-order valence-corrected chi connectivity index (χ2v) is 6.88. The number of carbonyl (C=O) groups is 3. The van der Waals surface area contributed by atoms with Crippen LogP contribution in [0.1, 0.15) is 23.6 Å². The highest BCUT2D eigenvalue weighted by molar-refractivity contribution is 5.96. The third-order valence-electron chi connectivity index (χ3n) is 4.57. The van der Waals surface area contributed by atoms with Gasteiger partial charge in [0.2, 0.25) is 17.7 Å². The quantitative estimate of drug-likeness (QED) is 0.815. The van der Waals surface area contributed by atoms with Crippen molar-refractivity contribution in [1.82, 2.24) is 15.1 Å². The summed E-state index contributed by atoms with van der Waals surface area (Å²) < 4.78 is 0. The van der Waals surface area contributed by atoms with Crippen LogP contribution in [-0.2, 0) is 14.4 Å². The lowest BCUT2D eigenvalue weighted by Gasteiger charge is -2.33. The number of piperazine rings is 1. The first kappa shape index (κ1) is 19.9. The minimum absolute atomic E-state index is 0.0565. The molecule has 1 aromatic rings. The first-order valence-electron chi connectivity index (χ1n) is 8.88. The number of carbonyl (C=O) groups excluding carboxylic acids is 3. The summed E-state index contributed by atoms with van der Waals surface area (Å²) in [5.41, 5.74) is 3.96. The number of hydrogen-bond acceptors (Lipinski definition) is 4. The topological polar surface area (TPSA) is 81.8 Å². The maximum absolute atomic E-state index is 12.1. The fourth-order valence-corrected chi connectivity index (χ4v) is 3.22.